The Morgan fingerprint density at radius 3 is 2.68 bits per heavy atom. The summed E-state index contributed by atoms with van der Waals surface area (Å²) in [6.45, 7) is 0.907. The van der Waals surface area contributed by atoms with E-state index in [0.29, 0.717) is 24.2 Å². The normalized spacial score (nSPS) is 11.6. The van der Waals surface area contributed by atoms with Crippen LogP contribution in [-0.2, 0) is 6.54 Å². The van der Waals surface area contributed by atoms with Crippen molar-refractivity contribution in [2.75, 3.05) is 6.54 Å². The summed E-state index contributed by atoms with van der Waals surface area (Å²) in [5, 5.41) is 4.02. The van der Waals surface area contributed by atoms with Crippen molar-refractivity contribution in [1.82, 2.24) is 9.78 Å². The first-order valence-corrected chi connectivity index (χ1v) is 5.57. The first-order chi connectivity index (χ1) is 8.99. The molecule has 2 aromatic rings. The van der Waals surface area contributed by atoms with Gasteiger partial charge in [-0.1, -0.05) is 18.2 Å². The summed E-state index contributed by atoms with van der Waals surface area (Å²) in [6, 6.07) is 5.93. The number of hydrogen-bond donors (Lipinski definition) is 1. The summed E-state index contributed by atoms with van der Waals surface area (Å²) in [4.78, 5) is 0. The van der Waals surface area contributed by atoms with Gasteiger partial charge >= 0.3 is 6.36 Å². The van der Waals surface area contributed by atoms with Crippen molar-refractivity contribution < 1.29 is 17.9 Å². The van der Waals surface area contributed by atoms with Gasteiger partial charge in [0.2, 0.25) is 0 Å². The Morgan fingerprint density at radius 2 is 2.00 bits per heavy atom. The number of hydrogen-bond acceptors (Lipinski definition) is 3. The third-order valence-corrected chi connectivity index (χ3v) is 2.42. The summed E-state index contributed by atoms with van der Waals surface area (Å²) in [6.07, 6.45) is -1.61. The predicted octanol–water partition coefficient (Wildman–Crippen LogP) is 2.41. The lowest BCUT2D eigenvalue weighted by Crippen LogP contribution is -2.17. The molecule has 4 nitrogen and oxygen atoms in total. The summed E-state index contributed by atoms with van der Waals surface area (Å²) in [7, 11) is 0. The van der Waals surface area contributed by atoms with Crippen molar-refractivity contribution in [2.45, 2.75) is 12.9 Å². The van der Waals surface area contributed by atoms with Crippen molar-refractivity contribution in [3.05, 3.63) is 36.7 Å². The highest BCUT2D eigenvalue weighted by atomic mass is 19.4. The molecule has 102 valence electrons. The minimum atomic E-state index is -4.72. The number of para-hydroxylation sites is 1. The molecule has 0 aliphatic carbocycles. The van der Waals surface area contributed by atoms with E-state index in [0.717, 1.165) is 0 Å². The van der Waals surface area contributed by atoms with Crippen LogP contribution in [0, 0.1) is 0 Å². The van der Waals surface area contributed by atoms with Crippen molar-refractivity contribution in [3.63, 3.8) is 0 Å². The van der Waals surface area contributed by atoms with Gasteiger partial charge in [0.1, 0.15) is 5.75 Å². The summed E-state index contributed by atoms with van der Waals surface area (Å²) in [5.41, 5.74) is 6.27. The Balaban J connectivity index is 2.32. The number of halogens is 3. The van der Waals surface area contributed by atoms with Crippen LogP contribution in [0.25, 0.3) is 11.1 Å². The Morgan fingerprint density at radius 1 is 1.26 bits per heavy atom. The van der Waals surface area contributed by atoms with Crippen molar-refractivity contribution in [2.24, 2.45) is 5.73 Å². The van der Waals surface area contributed by atoms with Crippen LogP contribution in [0.4, 0.5) is 13.2 Å². The SMILES string of the molecule is NCCn1cc(-c2ccccc2OC(F)(F)F)cn1. The molecule has 2 rings (SSSR count). The molecule has 19 heavy (non-hydrogen) atoms. The largest absolute Gasteiger partial charge is 0.573 e. The molecule has 0 bridgehead atoms. The van der Waals surface area contributed by atoms with E-state index in [1.165, 1.54) is 18.3 Å². The molecule has 0 aliphatic heterocycles. The van der Waals surface area contributed by atoms with E-state index in [1.54, 1.807) is 23.0 Å². The molecule has 2 N–H and O–H groups in total. The van der Waals surface area contributed by atoms with Gasteiger partial charge in [-0.2, -0.15) is 5.10 Å². The molecule has 0 fully saturated rings. The number of nitrogens with zero attached hydrogens (tertiary/aromatic N) is 2. The zero-order chi connectivity index (χ0) is 13.9. The predicted molar refractivity (Wildman–Crippen MR) is 63.4 cm³/mol. The minimum absolute atomic E-state index is 0.248. The van der Waals surface area contributed by atoms with E-state index in [4.69, 9.17) is 5.73 Å². The fourth-order valence-corrected chi connectivity index (χ4v) is 1.68. The monoisotopic (exact) mass is 271 g/mol. The Kier molecular flexibility index (Phi) is 3.75. The van der Waals surface area contributed by atoms with E-state index in [9.17, 15) is 13.2 Å². The third kappa shape index (κ3) is 3.47. The van der Waals surface area contributed by atoms with Crippen LogP contribution in [0.1, 0.15) is 0 Å². The van der Waals surface area contributed by atoms with Gasteiger partial charge in [-0.25, -0.2) is 0 Å². The van der Waals surface area contributed by atoms with Gasteiger partial charge in [-0.05, 0) is 6.07 Å². The van der Waals surface area contributed by atoms with Crippen molar-refractivity contribution >= 4 is 0 Å². The van der Waals surface area contributed by atoms with Crippen molar-refractivity contribution in [3.8, 4) is 16.9 Å². The molecule has 0 aliphatic rings. The molecular weight excluding hydrogens is 259 g/mol. The van der Waals surface area contributed by atoms with Crippen LogP contribution in [0.3, 0.4) is 0 Å². The van der Waals surface area contributed by atoms with Crippen LogP contribution >= 0.6 is 0 Å². The maximum absolute atomic E-state index is 12.3. The number of nitrogens with two attached hydrogens (primary N) is 1. The van der Waals surface area contributed by atoms with Gasteiger partial charge in [0.05, 0.1) is 12.7 Å². The molecule has 1 aromatic heterocycles. The smallest absolute Gasteiger partial charge is 0.405 e. The first kappa shape index (κ1) is 13.4. The number of ether oxygens (including phenoxy) is 1. The van der Waals surface area contributed by atoms with Crippen LogP contribution in [0.2, 0.25) is 0 Å². The lowest BCUT2D eigenvalue weighted by molar-refractivity contribution is -0.274. The highest BCUT2D eigenvalue weighted by molar-refractivity contribution is 5.69. The minimum Gasteiger partial charge on any atom is -0.405 e. The average Bonchev–Trinajstić information content (AvgIpc) is 2.76. The molecule has 0 spiro atoms. The highest BCUT2D eigenvalue weighted by Gasteiger charge is 2.32. The van der Waals surface area contributed by atoms with E-state index >= 15 is 0 Å². The number of benzene rings is 1. The maximum atomic E-state index is 12.3. The van der Waals surface area contributed by atoms with Gasteiger partial charge in [0.15, 0.2) is 0 Å². The molecule has 0 atom stereocenters. The molecule has 1 aromatic carbocycles. The molecule has 0 radical (unpaired) electrons. The fraction of sp³-hybridized carbons (Fsp3) is 0.250. The molecule has 0 unspecified atom stereocenters. The number of aromatic nitrogens is 2. The second-order valence-corrected chi connectivity index (χ2v) is 3.82. The Labute approximate surface area is 107 Å². The summed E-state index contributed by atoms with van der Waals surface area (Å²) >= 11 is 0. The topological polar surface area (TPSA) is 53.1 Å². The quantitative estimate of drug-likeness (QED) is 0.929. The third-order valence-electron chi connectivity index (χ3n) is 2.42. The van der Waals surface area contributed by atoms with Gasteiger partial charge < -0.3 is 10.5 Å². The molecule has 0 saturated heterocycles. The molecule has 0 saturated carbocycles. The van der Waals surface area contributed by atoms with Gasteiger partial charge in [0.25, 0.3) is 0 Å². The summed E-state index contributed by atoms with van der Waals surface area (Å²) in [5.74, 6) is -0.248. The molecule has 0 amide bonds. The average molecular weight is 271 g/mol. The van der Waals surface area contributed by atoms with Crippen LogP contribution < -0.4 is 10.5 Å². The number of alkyl halides is 3. The maximum Gasteiger partial charge on any atom is 0.573 e. The molecular formula is C12H12F3N3O. The van der Waals surface area contributed by atoms with Gasteiger partial charge in [-0.3, -0.25) is 4.68 Å². The molecule has 1 heterocycles. The van der Waals surface area contributed by atoms with Crippen LogP contribution in [0.5, 0.6) is 5.75 Å². The Hall–Kier alpha value is -2.02. The zero-order valence-electron chi connectivity index (χ0n) is 9.89. The van der Waals surface area contributed by atoms with Crippen LogP contribution in [-0.4, -0.2) is 22.7 Å². The van der Waals surface area contributed by atoms with E-state index in [2.05, 4.69) is 9.84 Å². The van der Waals surface area contributed by atoms with E-state index in [1.807, 2.05) is 0 Å². The van der Waals surface area contributed by atoms with Crippen LogP contribution in [0.15, 0.2) is 36.7 Å². The first-order valence-electron chi connectivity index (χ1n) is 5.57. The second-order valence-electron chi connectivity index (χ2n) is 3.82. The van der Waals surface area contributed by atoms with Crippen molar-refractivity contribution in [1.29, 1.82) is 0 Å². The van der Waals surface area contributed by atoms with E-state index in [-0.39, 0.29) is 5.75 Å². The zero-order valence-corrected chi connectivity index (χ0v) is 9.89. The number of rotatable bonds is 4. The molecule has 7 heteroatoms. The highest BCUT2D eigenvalue weighted by Crippen LogP contribution is 2.33. The Bertz CT molecular complexity index is 551. The van der Waals surface area contributed by atoms with Gasteiger partial charge in [0, 0.05) is 23.9 Å². The lowest BCUT2D eigenvalue weighted by Gasteiger charge is -2.11. The second kappa shape index (κ2) is 5.31. The standard InChI is InChI=1S/C12H12F3N3O/c13-12(14,15)19-11-4-2-1-3-10(11)9-7-17-18(8-9)6-5-16/h1-4,7-8H,5-6,16H2. The fourth-order valence-electron chi connectivity index (χ4n) is 1.68. The summed E-state index contributed by atoms with van der Waals surface area (Å²) < 4.78 is 42.5. The van der Waals surface area contributed by atoms with E-state index < -0.39 is 6.36 Å². The van der Waals surface area contributed by atoms with Gasteiger partial charge in [-0.15, -0.1) is 13.2 Å². The lowest BCUT2D eigenvalue weighted by atomic mass is 10.1.